The van der Waals surface area contributed by atoms with Gasteiger partial charge in [-0.05, 0) is 38.5 Å². The molecule has 0 bridgehead atoms. The summed E-state index contributed by atoms with van der Waals surface area (Å²) in [5, 5.41) is 0. The molecule has 3 nitrogen and oxygen atoms in total. The van der Waals surface area contributed by atoms with Crippen molar-refractivity contribution in [1.29, 1.82) is 0 Å². The van der Waals surface area contributed by atoms with Crippen molar-refractivity contribution < 1.29 is 14.2 Å². The molecule has 0 heterocycles. The van der Waals surface area contributed by atoms with Gasteiger partial charge in [0.25, 0.3) is 0 Å². The van der Waals surface area contributed by atoms with E-state index in [1.54, 1.807) is 0 Å². The molecule has 3 heteroatoms. The van der Waals surface area contributed by atoms with Gasteiger partial charge in [-0.2, -0.15) is 0 Å². The van der Waals surface area contributed by atoms with Gasteiger partial charge in [-0.15, -0.1) is 0 Å². The van der Waals surface area contributed by atoms with Crippen LogP contribution in [0.4, 0.5) is 0 Å². The highest BCUT2D eigenvalue weighted by molar-refractivity contribution is 4.64. The first-order chi connectivity index (χ1) is 11.3. The van der Waals surface area contributed by atoms with Crippen molar-refractivity contribution in [3.05, 3.63) is 0 Å². The molecule has 0 spiro atoms. The lowest BCUT2D eigenvalue weighted by Crippen LogP contribution is -2.25. The van der Waals surface area contributed by atoms with E-state index in [1.807, 2.05) is 0 Å². The molecule has 2 atom stereocenters. The molecule has 23 heavy (non-hydrogen) atoms. The molecule has 140 valence electrons. The van der Waals surface area contributed by atoms with E-state index in [4.69, 9.17) is 14.2 Å². The predicted molar refractivity (Wildman–Crippen MR) is 99.2 cm³/mol. The van der Waals surface area contributed by atoms with Crippen LogP contribution in [0.25, 0.3) is 0 Å². The molecule has 0 aromatic rings. The van der Waals surface area contributed by atoms with Crippen LogP contribution in [0.3, 0.4) is 0 Å². The van der Waals surface area contributed by atoms with E-state index in [9.17, 15) is 0 Å². The van der Waals surface area contributed by atoms with Gasteiger partial charge in [-0.25, -0.2) is 0 Å². The van der Waals surface area contributed by atoms with Crippen molar-refractivity contribution in [2.45, 2.75) is 104 Å². The first kappa shape index (κ1) is 22.9. The Bertz CT molecular complexity index is 199. The fraction of sp³-hybridized carbons (Fsp3) is 1.00. The van der Waals surface area contributed by atoms with E-state index in [-0.39, 0.29) is 0 Å². The van der Waals surface area contributed by atoms with Gasteiger partial charge in [0, 0.05) is 26.4 Å². The highest BCUT2D eigenvalue weighted by Crippen LogP contribution is 2.16. The lowest BCUT2D eigenvalue weighted by Gasteiger charge is -2.25. The summed E-state index contributed by atoms with van der Waals surface area (Å²) in [6.45, 7) is 12.3. The molecule has 0 aliphatic heterocycles. The minimum absolute atomic E-state index is 0.341. The fourth-order valence-electron chi connectivity index (χ4n) is 2.60. The average molecular weight is 331 g/mol. The Morgan fingerprint density at radius 2 is 0.957 bits per heavy atom. The minimum atomic E-state index is 0.341. The molecular weight excluding hydrogens is 288 g/mol. The zero-order valence-corrected chi connectivity index (χ0v) is 16.3. The fourth-order valence-corrected chi connectivity index (χ4v) is 2.60. The van der Waals surface area contributed by atoms with Crippen LogP contribution in [0.15, 0.2) is 0 Å². The first-order valence-electron chi connectivity index (χ1n) is 10.1. The van der Waals surface area contributed by atoms with Gasteiger partial charge in [0.2, 0.25) is 0 Å². The molecule has 0 rings (SSSR count). The second-order valence-corrected chi connectivity index (χ2v) is 6.47. The monoisotopic (exact) mass is 330 g/mol. The summed E-state index contributed by atoms with van der Waals surface area (Å²) in [6.07, 6.45) is 12.1. The van der Waals surface area contributed by atoms with E-state index in [2.05, 4.69) is 27.7 Å². The van der Waals surface area contributed by atoms with Crippen LogP contribution in [0, 0.1) is 0 Å². The van der Waals surface area contributed by atoms with Gasteiger partial charge in [-0.1, -0.05) is 53.4 Å². The molecule has 0 radical (unpaired) electrons. The third-order valence-corrected chi connectivity index (χ3v) is 4.06. The average Bonchev–Trinajstić information content (AvgIpc) is 2.54. The predicted octanol–water partition coefficient (Wildman–Crippen LogP) is 5.75. The summed E-state index contributed by atoms with van der Waals surface area (Å²) in [7, 11) is 0. The van der Waals surface area contributed by atoms with Gasteiger partial charge in [0.15, 0.2) is 0 Å². The Morgan fingerprint density at radius 1 is 0.522 bits per heavy atom. The van der Waals surface area contributed by atoms with Crippen molar-refractivity contribution >= 4 is 0 Å². The Kier molecular flexibility index (Phi) is 18.1. The molecule has 0 aromatic heterocycles. The summed E-state index contributed by atoms with van der Waals surface area (Å²) in [5.41, 5.74) is 0. The van der Waals surface area contributed by atoms with Crippen LogP contribution in [-0.4, -0.2) is 38.6 Å². The number of rotatable bonds is 18. The smallest absolute Gasteiger partial charge is 0.0600 e. The second-order valence-electron chi connectivity index (χ2n) is 6.47. The summed E-state index contributed by atoms with van der Waals surface area (Å²) < 4.78 is 17.8. The maximum Gasteiger partial charge on any atom is 0.0600 e. The van der Waals surface area contributed by atoms with Crippen molar-refractivity contribution in [2.24, 2.45) is 0 Å². The molecule has 0 saturated heterocycles. The normalized spacial score (nSPS) is 14.1. The van der Waals surface area contributed by atoms with E-state index in [1.165, 1.54) is 25.7 Å². The number of hydrogen-bond donors (Lipinski definition) is 0. The number of hydrogen-bond acceptors (Lipinski definition) is 3. The maximum absolute atomic E-state index is 6.38. The molecule has 0 aromatic carbocycles. The van der Waals surface area contributed by atoms with E-state index in [0.717, 1.165) is 65.0 Å². The van der Waals surface area contributed by atoms with Crippen molar-refractivity contribution in [2.75, 3.05) is 26.4 Å². The van der Waals surface area contributed by atoms with Crippen molar-refractivity contribution in [3.8, 4) is 0 Å². The lowest BCUT2D eigenvalue weighted by atomic mass is 10.1. The molecular formula is C20H42O3. The largest absolute Gasteiger partial charge is 0.381 e. The number of unbranched alkanes of at least 4 members (excludes halogenated alkanes) is 2. The van der Waals surface area contributed by atoms with Crippen LogP contribution < -0.4 is 0 Å². The number of ether oxygens (including phenoxy) is 3. The Labute approximate surface area is 145 Å². The van der Waals surface area contributed by atoms with E-state index >= 15 is 0 Å². The van der Waals surface area contributed by atoms with Gasteiger partial charge in [-0.3, -0.25) is 0 Å². The molecule has 0 aliphatic rings. The highest BCUT2D eigenvalue weighted by Gasteiger charge is 2.16. The topological polar surface area (TPSA) is 27.7 Å². The van der Waals surface area contributed by atoms with Gasteiger partial charge in [0.05, 0.1) is 12.2 Å². The van der Waals surface area contributed by atoms with Crippen molar-refractivity contribution in [1.82, 2.24) is 0 Å². The van der Waals surface area contributed by atoms with Crippen LogP contribution >= 0.6 is 0 Å². The summed E-state index contributed by atoms with van der Waals surface area (Å²) >= 11 is 0. The summed E-state index contributed by atoms with van der Waals surface area (Å²) in [6, 6.07) is 0. The Hall–Kier alpha value is -0.120. The zero-order chi connectivity index (χ0) is 17.2. The third kappa shape index (κ3) is 15.2. The van der Waals surface area contributed by atoms with Crippen LogP contribution in [-0.2, 0) is 14.2 Å². The summed E-state index contributed by atoms with van der Waals surface area (Å²) in [4.78, 5) is 0. The van der Waals surface area contributed by atoms with Gasteiger partial charge in [0.1, 0.15) is 0 Å². The Balaban J connectivity index is 4.02. The summed E-state index contributed by atoms with van der Waals surface area (Å²) in [5.74, 6) is 0. The zero-order valence-electron chi connectivity index (χ0n) is 16.3. The molecule has 0 saturated carbocycles. The minimum Gasteiger partial charge on any atom is -0.381 e. The highest BCUT2D eigenvalue weighted by atomic mass is 16.5. The van der Waals surface area contributed by atoms with Gasteiger partial charge < -0.3 is 14.2 Å². The maximum atomic E-state index is 6.38. The molecule has 0 amide bonds. The Morgan fingerprint density at radius 3 is 1.30 bits per heavy atom. The van der Waals surface area contributed by atoms with Crippen molar-refractivity contribution in [3.63, 3.8) is 0 Å². The SMILES string of the molecule is CCCCOCCC(CCC)OC(CCC)CCOCCCC. The van der Waals surface area contributed by atoms with Crippen LogP contribution in [0.1, 0.15) is 91.9 Å². The van der Waals surface area contributed by atoms with Crippen LogP contribution in [0.2, 0.25) is 0 Å². The standard InChI is InChI=1S/C20H42O3/c1-5-9-15-21-17-13-19(11-7-3)23-20(12-8-4)14-18-22-16-10-6-2/h19-20H,5-18H2,1-4H3. The third-order valence-electron chi connectivity index (χ3n) is 4.06. The van der Waals surface area contributed by atoms with Gasteiger partial charge >= 0.3 is 0 Å². The van der Waals surface area contributed by atoms with E-state index < -0.39 is 0 Å². The van der Waals surface area contributed by atoms with Crippen LogP contribution in [0.5, 0.6) is 0 Å². The molecule has 0 N–H and O–H groups in total. The second kappa shape index (κ2) is 18.2. The van der Waals surface area contributed by atoms with E-state index in [0.29, 0.717) is 12.2 Å². The quantitative estimate of drug-likeness (QED) is 0.299. The lowest BCUT2D eigenvalue weighted by molar-refractivity contribution is -0.0503. The molecule has 2 unspecified atom stereocenters. The molecule has 0 aliphatic carbocycles. The molecule has 0 fully saturated rings. The first-order valence-corrected chi connectivity index (χ1v) is 10.1.